The lowest BCUT2D eigenvalue weighted by Crippen LogP contribution is -2.34. The van der Waals surface area contributed by atoms with E-state index in [2.05, 4.69) is 5.32 Å². The monoisotopic (exact) mass is 284 g/mol. The molecule has 1 aliphatic heterocycles. The Hall–Kier alpha value is -2.56. The number of fused-ring (bicyclic) bond motifs is 1. The maximum Gasteiger partial charge on any atom is 0.271 e. The van der Waals surface area contributed by atoms with Crippen molar-refractivity contribution in [1.29, 1.82) is 0 Å². The molecule has 0 aromatic heterocycles. The number of hydrogen-bond acceptors (Lipinski definition) is 4. The van der Waals surface area contributed by atoms with Crippen molar-refractivity contribution < 1.29 is 9.66 Å². The van der Waals surface area contributed by atoms with Gasteiger partial charge in [-0.3, -0.25) is 10.1 Å². The van der Waals surface area contributed by atoms with Crippen LogP contribution < -0.4 is 10.1 Å². The second-order valence-electron chi connectivity index (χ2n) is 5.63. The Bertz CT molecular complexity index is 697. The molecule has 5 heteroatoms. The van der Waals surface area contributed by atoms with E-state index in [0.717, 1.165) is 11.3 Å². The molecule has 0 saturated heterocycles. The van der Waals surface area contributed by atoms with Crippen LogP contribution in [0.15, 0.2) is 48.5 Å². The van der Waals surface area contributed by atoms with Gasteiger partial charge in [0, 0.05) is 23.4 Å². The highest BCUT2D eigenvalue weighted by Crippen LogP contribution is 2.44. The molecule has 0 bridgehead atoms. The number of nitro benzene ring substituents is 1. The molecule has 0 saturated carbocycles. The average molecular weight is 284 g/mol. The highest BCUT2D eigenvalue weighted by Gasteiger charge is 2.41. The smallest absolute Gasteiger partial charge is 0.271 e. The number of nitrogens with one attached hydrogen (secondary N) is 1. The predicted molar refractivity (Wildman–Crippen MR) is 80.6 cm³/mol. The number of para-hydroxylation sites is 1. The molecule has 2 aromatic rings. The molecule has 5 nitrogen and oxygen atoms in total. The van der Waals surface area contributed by atoms with Crippen molar-refractivity contribution in [2.24, 2.45) is 0 Å². The first-order valence-electron chi connectivity index (χ1n) is 6.76. The average Bonchev–Trinajstić information content (AvgIpc) is 2.70. The van der Waals surface area contributed by atoms with E-state index in [1.165, 1.54) is 12.1 Å². The summed E-state index contributed by atoms with van der Waals surface area (Å²) in [6.45, 7) is 4.00. The number of benzene rings is 2. The van der Waals surface area contributed by atoms with E-state index in [1.807, 2.05) is 44.2 Å². The van der Waals surface area contributed by atoms with Crippen LogP contribution in [0.1, 0.15) is 25.5 Å². The fraction of sp³-hybridized carbons (Fsp3) is 0.250. The van der Waals surface area contributed by atoms with Gasteiger partial charge in [0.2, 0.25) is 0 Å². The topological polar surface area (TPSA) is 64.4 Å². The molecule has 0 amide bonds. The minimum atomic E-state index is -0.422. The van der Waals surface area contributed by atoms with E-state index in [-0.39, 0.29) is 11.7 Å². The van der Waals surface area contributed by atoms with Crippen LogP contribution in [0.5, 0.6) is 5.75 Å². The minimum absolute atomic E-state index is 0.0595. The number of anilines is 1. The van der Waals surface area contributed by atoms with Gasteiger partial charge in [0.25, 0.3) is 5.69 Å². The summed E-state index contributed by atoms with van der Waals surface area (Å²) < 4.78 is 5.96. The van der Waals surface area contributed by atoms with Crippen LogP contribution in [0.4, 0.5) is 11.4 Å². The van der Waals surface area contributed by atoms with Gasteiger partial charge in [0.1, 0.15) is 11.4 Å². The summed E-state index contributed by atoms with van der Waals surface area (Å²) in [4.78, 5) is 10.5. The maximum atomic E-state index is 10.9. The summed E-state index contributed by atoms with van der Waals surface area (Å²) in [5, 5.41) is 14.2. The summed E-state index contributed by atoms with van der Waals surface area (Å²) >= 11 is 0. The van der Waals surface area contributed by atoms with Gasteiger partial charge in [-0.25, -0.2) is 0 Å². The van der Waals surface area contributed by atoms with E-state index in [0.29, 0.717) is 5.69 Å². The van der Waals surface area contributed by atoms with Gasteiger partial charge in [0.05, 0.1) is 11.0 Å². The van der Waals surface area contributed by atoms with Crippen molar-refractivity contribution in [3.63, 3.8) is 0 Å². The predicted octanol–water partition coefficient (Wildman–Crippen LogP) is 3.92. The number of nitrogens with zero attached hydrogens (tertiary/aromatic N) is 1. The zero-order valence-electron chi connectivity index (χ0n) is 11.9. The Labute approximate surface area is 122 Å². The maximum absolute atomic E-state index is 10.9. The Morgan fingerprint density at radius 1 is 1.19 bits per heavy atom. The lowest BCUT2D eigenvalue weighted by Gasteiger charge is -2.28. The van der Waals surface area contributed by atoms with Crippen molar-refractivity contribution in [2.75, 3.05) is 5.32 Å². The first kappa shape index (κ1) is 13.4. The molecule has 0 aliphatic carbocycles. The molecule has 108 valence electrons. The molecule has 0 spiro atoms. The van der Waals surface area contributed by atoms with Crippen LogP contribution in [0.2, 0.25) is 0 Å². The van der Waals surface area contributed by atoms with Crippen LogP contribution >= 0.6 is 0 Å². The molecule has 1 N–H and O–H groups in total. The summed E-state index contributed by atoms with van der Waals surface area (Å²) in [6.07, 6.45) is 0. The van der Waals surface area contributed by atoms with Gasteiger partial charge >= 0.3 is 0 Å². The zero-order chi connectivity index (χ0) is 15.0. The zero-order valence-corrected chi connectivity index (χ0v) is 11.9. The fourth-order valence-electron chi connectivity index (χ4n) is 2.66. The molecular weight excluding hydrogens is 268 g/mol. The van der Waals surface area contributed by atoms with E-state index in [1.54, 1.807) is 6.07 Å². The molecule has 0 radical (unpaired) electrons. The van der Waals surface area contributed by atoms with E-state index in [9.17, 15) is 10.1 Å². The van der Waals surface area contributed by atoms with Crippen molar-refractivity contribution in [3.8, 4) is 5.75 Å². The van der Waals surface area contributed by atoms with Gasteiger partial charge in [-0.2, -0.15) is 0 Å². The van der Waals surface area contributed by atoms with E-state index < -0.39 is 10.5 Å². The van der Waals surface area contributed by atoms with Crippen molar-refractivity contribution in [1.82, 2.24) is 0 Å². The highest BCUT2D eigenvalue weighted by atomic mass is 16.6. The lowest BCUT2D eigenvalue weighted by atomic mass is 9.94. The van der Waals surface area contributed by atoms with Crippen molar-refractivity contribution >= 4 is 11.4 Å². The van der Waals surface area contributed by atoms with Gasteiger partial charge in [-0.05, 0) is 26.0 Å². The van der Waals surface area contributed by atoms with Crippen LogP contribution in [0, 0.1) is 10.1 Å². The van der Waals surface area contributed by atoms with Crippen molar-refractivity contribution in [2.45, 2.75) is 25.5 Å². The van der Waals surface area contributed by atoms with E-state index in [4.69, 9.17) is 4.74 Å². The third kappa shape index (κ3) is 2.42. The van der Waals surface area contributed by atoms with Gasteiger partial charge in [-0.1, -0.05) is 24.3 Å². The number of rotatable bonds is 3. The first-order chi connectivity index (χ1) is 9.97. The van der Waals surface area contributed by atoms with Gasteiger partial charge < -0.3 is 10.1 Å². The van der Waals surface area contributed by atoms with Crippen LogP contribution in [-0.2, 0) is 0 Å². The lowest BCUT2D eigenvalue weighted by molar-refractivity contribution is -0.384. The molecule has 0 fully saturated rings. The minimum Gasteiger partial charge on any atom is -0.485 e. The first-order valence-corrected chi connectivity index (χ1v) is 6.76. The largest absolute Gasteiger partial charge is 0.485 e. The highest BCUT2D eigenvalue weighted by molar-refractivity contribution is 5.55. The SMILES string of the molecule is CC1(C)Oc2ccccc2C1Nc1cccc([N+](=O)[O-])c1. The molecule has 1 heterocycles. The second-order valence-corrected chi connectivity index (χ2v) is 5.63. The molecule has 1 unspecified atom stereocenters. The van der Waals surface area contributed by atoms with Crippen LogP contribution in [0.3, 0.4) is 0 Å². The normalized spacial score (nSPS) is 18.7. The third-order valence-corrected chi connectivity index (χ3v) is 3.67. The fourth-order valence-corrected chi connectivity index (χ4v) is 2.66. The molecular formula is C16H16N2O3. The second kappa shape index (κ2) is 4.77. The Balaban J connectivity index is 1.94. The number of non-ortho nitro benzene ring substituents is 1. The number of hydrogen-bond donors (Lipinski definition) is 1. The molecule has 2 aromatic carbocycles. The summed E-state index contributed by atoms with van der Waals surface area (Å²) in [5.74, 6) is 0.852. The third-order valence-electron chi connectivity index (χ3n) is 3.67. The number of ether oxygens (including phenoxy) is 1. The van der Waals surface area contributed by atoms with Crippen molar-refractivity contribution in [3.05, 3.63) is 64.2 Å². The molecule has 3 rings (SSSR count). The molecule has 21 heavy (non-hydrogen) atoms. The van der Waals surface area contributed by atoms with Gasteiger partial charge in [0.15, 0.2) is 0 Å². The van der Waals surface area contributed by atoms with Crippen LogP contribution in [0.25, 0.3) is 0 Å². The number of nitro groups is 1. The summed E-state index contributed by atoms with van der Waals surface area (Å²) in [7, 11) is 0. The summed E-state index contributed by atoms with van der Waals surface area (Å²) in [5.41, 5.74) is 1.43. The van der Waals surface area contributed by atoms with E-state index >= 15 is 0 Å². The molecule has 1 atom stereocenters. The summed E-state index contributed by atoms with van der Waals surface area (Å²) in [6, 6.07) is 14.3. The van der Waals surface area contributed by atoms with Gasteiger partial charge in [-0.15, -0.1) is 0 Å². The van der Waals surface area contributed by atoms with Crippen LogP contribution in [-0.4, -0.2) is 10.5 Å². The standard InChI is InChI=1S/C16H16N2O3/c1-16(2)15(13-8-3-4-9-14(13)21-16)17-11-6-5-7-12(10-11)18(19)20/h3-10,15,17H,1-2H3. The molecule has 1 aliphatic rings. The Kier molecular flexibility index (Phi) is 3.05. The Morgan fingerprint density at radius 3 is 2.71 bits per heavy atom. The quantitative estimate of drug-likeness (QED) is 0.685. The Morgan fingerprint density at radius 2 is 1.95 bits per heavy atom.